The van der Waals surface area contributed by atoms with Crippen LogP contribution in [0.1, 0.15) is 5.56 Å². The highest BCUT2D eigenvalue weighted by atomic mass is 32.2. The van der Waals surface area contributed by atoms with Crippen LogP contribution in [-0.2, 0) is 4.79 Å². The third kappa shape index (κ3) is 2.81. The number of phenols is 1. The van der Waals surface area contributed by atoms with Crippen molar-refractivity contribution in [3.8, 4) is 5.75 Å². The van der Waals surface area contributed by atoms with Crippen molar-refractivity contribution >= 4 is 46.0 Å². The third-order valence-electron chi connectivity index (χ3n) is 2.86. The average molecular weight is 314 g/mol. The highest BCUT2D eigenvalue weighted by Crippen LogP contribution is 2.36. The van der Waals surface area contributed by atoms with Crippen molar-refractivity contribution in [2.45, 2.75) is 0 Å². The van der Waals surface area contributed by atoms with Crippen molar-refractivity contribution in [3.63, 3.8) is 0 Å². The fraction of sp³-hybridized carbons (Fsp3) is 0. The zero-order valence-electron chi connectivity index (χ0n) is 10.8. The molecule has 6 heteroatoms. The van der Waals surface area contributed by atoms with Crippen LogP contribution in [0.4, 0.5) is 5.69 Å². The van der Waals surface area contributed by atoms with Crippen molar-refractivity contribution in [1.29, 1.82) is 0 Å². The number of rotatable bonds is 2. The summed E-state index contributed by atoms with van der Waals surface area (Å²) in [6.07, 6.45) is 5.12. The minimum absolute atomic E-state index is 0.0952. The van der Waals surface area contributed by atoms with Gasteiger partial charge in [0, 0.05) is 18.5 Å². The molecule has 104 valence electrons. The van der Waals surface area contributed by atoms with Crippen LogP contribution < -0.4 is 4.90 Å². The van der Waals surface area contributed by atoms with Gasteiger partial charge in [-0.3, -0.25) is 14.7 Å². The summed E-state index contributed by atoms with van der Waals surface area (Å²) >= 11 is 6.50. The molecule has 1 saturated heterocycles. The Labute approximate surface area is 131 Å². The van der Waals surface area contributed by atoms with Crippen molar-refractivity contribution in [3.05, 3.63) is 59.3 Å². The van der Waals surface area contributed by atoms with Gasteiger partial charge in [0.05, 0.1) is 10.6 Å². The number of benzene rings is 1. The van der Waals surface area contributed by atoms with Crippen LogP contribution in [0.15, 0.2) is 53.7 Å². The van der Waals surface area contributed by atoms with Crippen molar-refractivity contribution < 1.29 is 9.90 Å². The number of carbonyl (C=O) groups is 1. The van der Waals surface area contributed by atoms with E-state index in [0.717, 1.165) is 5.56 Å². The molecule has 21 heavy (non-hydrogen) atoms. The van der Waals surface area contributed by atoms with E-state index in [1.807, 2.05) is 12.1 Å². The van der Waals surface area contributed by atoms with Crippen LogP contribution in [0.3, 0.4) is 0 Å². The van der Waals surface area contributed by atoms with Gasteiger partial charge in [-0.15, -0.1) is 0 Å². The maximum atomic E-state index is 12.5. The summed E-state index contributed by atoms with van der Waals surface area (Å²) in [6, 6.07) is 10.1. The highest BCUT2D eigenvalue weighted by molar-refractivity contribution is 8.27. The van der Waals surface area contributed by atoms with Crippen LogP contribution in [0.25, 0.3) is 6.08 Å². The summed E-state index contributed by atoms with van der Waals surface area (Å²) in [7, 11) is 0. The monoisotopic (exact) mass is 314 g/mol. The molecule has 1 aliphatic heterocycles. The number of phenolic OH excluding ortho intramolecular Hbond substituents is 1. The van der Waals surface area contributed by atoms with E-state index in [4.69, 9.17) is 12.2 Å². The third-order valence-corrected chi connectivity index (χ3v) is 4.17. The Morgan fingerprint density at radius 1 is 1.29 bits per heavy atom. The van der Waals surface area contributed by atoms with Crippen LogP contribution >= 0.6 is 24.0 Å². The number of thioether (sulfide) groups is 1. The summed E-state index contributed by atoms with van der Waals surface area (Å²) in [6.45, 7) is 0. The van der Waals surface area contributed by atoms with Gasteiger partial charge in [0.2, 0.25) is 0 Å². The Hall–Kier alpha value is -2.18. The van der Waals surface area contributed by atoms with E-state index in [1.54, 1.807) is 36.7 Å². The molecule has 0 aliphatic carbocycles. The first kappa shape index (κ1) is 13.8. The first-order chi connectivity index (χ1) is 10.1. The van der Waals surface area contributed by atoms with Crippen LogP contribution in [0, 0.1) is 0 Å². The van der Waals surface area contributed by atoms with Crippen molar-refractivity contribution in [2.24, 2.45) is 0 Å². The summed E-state index contributed by atoms with van der Waals surface area (Å²) in [4.78, 5) is 18.5. The van der Waals surface area contributed by atoms with Gasteiger partial charge in [0.15, 0.2) is 4.32 Å². The maximum absolute atomic E-state index is 12.5. The molecule has 1 N–H and O–H groups in total. The molecule has 4 nitrogen and oxygen atoms in total. The largest absolute Gasteiger partial charge is 0.508 e. The number of hydrogen-bond donors (Lipinski definition) is 1. The number of amides is 1. The Balaban J connectivity index is 1.94. The molecular weight excluding hydrogens is 304 g/mol. The Bertz CT molecular complexity index is 744. The molecular formula is C15H10N2O2S2. The molecule has 0 radical (unpaired) electrons. The van der Waals surface area contributed by atoms with Gasteiger partial charge in [0.25, 0.3) is 5.91 Å². The number of thiocarbonyl (C=S) groups is 1. The minimum Gasteiger partial charge on any atom is -0.508 e. The van der Waals surface area contributed by atoms with E-state index in [9.17, 15) is 9.90 Å². The second-order valence-corrected chi connectivity index (χ2v) is 6.00. The van der Waals surface area contributed by atoms with Crippen LogP contribution in [-0.4, -0.2) is 20.3 Å². The smallest absolute Gasteiger partial charge is 0.270 e. The quantitative estimate of drug-likeness (QED) is 0.681. The molecule has 1 aromatic carbocycles. The second kappa shape index (κ2) is 5.67. The summed E-state index contributed by atoms with van der Waals surface area (Å²) in [5.74, 6) is -0.0998. The topological polar surface area (TPSA) is 53.4 Å². The number of pyridine rings is 1. The number of hydrogen-bond acceptors (Lipinski definition) is 5. The fourth-order valence-corrected chi connectivity index (χ4v) is 3.23. The molecule has 0 spiro atoms. The Morgan fingerprint density at radius 2 is 2.14 bits per heavy atom. The lowest BCUT2D eigenvalue weighted by Gasteiger charge is -2.14. The van der Waals surface area contributed by atoms with Gasteiger partial charge in [0.1, 0.15) is 5.75 Å². The van der Waals surface area contributed by atoms with Gasteiger partial charge in [-0.05, 0) is 29.8 Å². The Kier molecular flexibility index (Phi) is 3.72. The Morgan fingerprint density at radius 3 is 2.86 bits per heavy atom. The summed E-state index contributed by atoms with van der Waals surface area (Å²) < 4.78 is 0.445. The first-order valence-electron chi connectivity index (χ1n) is 6.12. The molecule has 1 aromatic heterocycles. The molecule has 1 amide bonds. The summed E-state index contributed by atoms with van der Waals surface area (Å²) in [5, 5.41) is 9.54. The lowest BCUT2D eigenvalue weighted by Crippen LogP contribution is -2.27. The standard InChI is InChI=1S/C15H10N2O2S2/c18-12-5-1-4-11(8-12)17-14(19)13(21-15(17)20)7-10-3-2-6-16-9-10/h1-9,18H/b13-7-. The van der Waals surface area contributed by atoms with Crippen molar-refractivity contribution in [2.75, 3.05) is 4.90 Å². The van der Waals surface area contributed by atoms with Gasteiger partial charge in [-0.1, -0.05) is 36.1 Å². The van der Waals surface area contributed by atoms with E-state index in [1.165, 1.54) is 22.7 Å². The number of nitrogens with zero attached hydrogens (tertiary/aromatic N) is 2. The second-order valence-electron chi connectivity index (χ2n) is 4.32. The zero-order chi connectivity index (χ0) is 14.8. The molecule has 3 rings (SSSR count). The molecule has 0 atom stereocenters. The van der Waals surface area contributed by atoms with Gasteiger partial charge in [-0.2, -0.15) is 0 Å². The SMILES string of the molecule is O=C1/C(=C/c2cccnc2)SC(=S)N1c1cccc(O)c1. The van der Waals surface area contributed by atoms with E-state index in [0.29, 0.717) is 14.9 Å². The minimum atomic E-state index is -0.195. The molecule has 2 heterocycles. The van der Waals surface area contributed by atoms with Crippen LogP contribution in [0.2, 0.25) is 0 Å². The molecule has 0 saturated carbocycles. The lowest BCUT2D eigenvalue weighted by atomic mass is 10.2. The predicted octanol–water partition coefficient (Wildman–Crippen LogP) is 3.19. The van der Waals surface area contributed by atoms with Gasteiger partial charge in [-0.25, -0.2) is 0 Å². The first-order valence-corrected chi connectivity index (χ1v) is 7.34. The predicted molar refractivity (Wildman–Crippen MR) is 88.0 cm³/mol. The summed E-state index contributed by atoms with van der Waals surface area (Å²) in [5.41, 5.74) is 1.40. The van der Waals surface area contributed by atoms with Gasteiger partial charge >= 0.3 is 0 Å². The van der Waals surface area contributed by atoms with Gasteiger partial charge < -0.3 is 5.11 Å². The van der Waals surface area contributed by atoms with E-state index in [2.05, 4.69) is 4.98 Å². The average Bonchev–Trinajstić information content (AvgIpc) is 2.74. The van der Waals surface area contributed by atoms with E-state index < -0.39 is 0 Å². The number of aromatic hydroxyl groups is 1. The fourth-order valence-electron chi connectivity index (χ4n) is 1.94. The number of carbonyl (C=O) groups excluding carboxylic acids is 1. The molecule has 0 unspecified atom stereocenters. The van der Waals surface area contributed by atoms with Crippen LogP contribution in [0.5, 0.6) is 5.75 Å². The zero-order valence-corrected chi connectivity index (χ0v) is 12.4. The number of aromatic nitrogens is 1. The molecule has 1 aliphatic rings. The van der Waals surface area contributed by atoms with E-state index in [-0.39, 0.29) is 11.7 Å². The lowest BCUT2D eigenvalue weighted by molar-refractivity contribution is -0.113. The molecule has 2 aromatic rings. The molecule has 1 fully saturated rings. The number of anilines is 1. The van der Waals surface area contributed by atoms with Crippen molar-refractivity contribution in [1.82, 2.24) is 4.98 Å². The normalized spacial score (nSPS) is 16.8. The maximum Gasteiger partial charge on any atom is 0.270 e. The van der Waals surface area contributed by atoms with E-state index >= 15 is 0 Å². The molecule has 0 bridgehead atoms. The highest BCUT2D eigenvalue weighted by Gasteiger charge is 2.33.